The van der Waals surface area contributed by atoms with Gasteiger partial charge in [0.1, 0.15) is 11.9 Å². The van der Waals surface area contributed by atoms with Crippen molar-refractivity contribution in [3.05, 3.63) is 28.7 Å². The minimum absolute atomic E-state index is 0.0243. The van der Waals surface area contributed by atoms with Gasteiger partial charge in [0.2, 0.25) is 0 Å². The summed E-state index contributed by atoms with van der Waals surface area (Å²) in [6.07, 6.45) is 0.0243. The Morgan fingerprint density at radius 2 is 1.93 bits per heavy atom. The van der Waals surface area contributed by atoms with Gasteiger partial charge in [-0.25, -0.2) is 0 Å². The summed E-state index contributed by atoms with van der Waals surface area (Å²) in [6, 6.07) is 7.83. The van der Waals surface area contributed by atoms with Crippen molar-refractivity contribution in [2.24, 2.45) is 11.1 Å². The molecule has 1 atom stereocenters. The lowest BCUT2D eigenvalue weighted by molar-refractivity contribution is 0.0934. The second-order valence-electron chi connectivity index (χ2n) is 4.64. The first kappa shape index (κ1) is 12.5. The van der Waals surface area contributed by atoms with Crippen LogP contribution >= 0.6 is 15.9 Å². The summed E-state index contributed by atoms with van der Waals surface area (Å²) < 4.78 is 6.85. The Morgan fingerprint density at radius 1 is 1.33 bits per heavy atom. The molecule has 1 unspecified atom stereocenters. The molecule has 0 bridgehead atoms. The van der Waals surface area contributed by atoms with Crippen LogP contribution < -0.4 is 10.5 Å². The van der Waals surface area contributed by atoms with Gasteiger partial charge in [-0.05, 0) is 28.1 Å². The summed E-state index contributed by atoms with van der Waals surface area (Å²) in [4.78, 5) is 0. The fourth-order valence-corrected chi connectivity index (χ4v) is 1.65. The summed E-state index contributed by atoms with van der Waals surface area (Å²) in [7, 11) is 0. The van der Waals surface area contributed by atoms with E-state index >= 15 is 0 Å². The molecule has 15 heavy (non-hydrogen) atoms. The maximum Gasteiger partial charge on any atom is 0.133 e. The first-order chi connectivity index (χ1) is 6.95. The van der Waals surface area contributed by atoms with Crippen LogP contribution in [0.5, 0.6) is 5.75 Å². The van der Waals surface area contributed by atoms with Gasteiger partial charge in [-0.3, -0.25) is 0 Å². The number of para-hydroxylation sites is 1. The highest BCUT2D eigenvalue weighted by atomic mass is 79.9. The highest BCUT2D eigenvalue weighted by Crippen LogP contribution is 2.29. The second-order valence-corrected chi connectivity index (χ2v) is 5.49. The third kappa shape index (κ3) is 3.50. The van der Waals surface area contributed by atoms with Gasteiger partial charge in [0.15, 0.2) is 0 Å². The van der Waals surface area contributed by atoms with E-state index in [2.05, 4.69) is 36.7 Å². The maximum absolute atomic E-state index is 5.89. The zero-order chi connectivity index (χ0) is 11.5. The topological polar surface area (TPSA) is 35.2 Å². The lowest BCUT2D eigenvalue weighted by Crippen LogP contribution is -2.38. The molecule has 0 aliphatic carbocycles. The van der Waals surface area contributed by atoms with Crippen molar-refractivity contribution >= 4 is 15.9 Å². The zero-order valence-electron chi connectivity index (χ0n) is 9.46. The van der Waals surface area contributed by atoms with Gasteiger partial charge in [0.05, 0.1) is 4.47 Å². The smallest absolute Gasteiger partial charge is 0.133 e. The second kappa shape index (κ2) is 4.99. The normalized spacial score (nSPS) is 13.7. The van der Waals surface area contributed by atoms with E-state index < -0.39 is 0 Å². The molecule has 0 radical (unpaired) electrons. The van der Waals surface area contributed by atoms with Crippen LogP contribution in [-0.2, 0) is 0 Å². The molecule has 84 valence electrons. The van der Waals surface area contributed by atoms with Gasteiger partial charge < -0.3 is 10.5 Å². The van der Waals surface area contributed by atoms with Gasteiger partial charge >= 0.3 is 0 Å². The predicted octanol–water partition coefficient (Wildman–Crippen LogP) is 3.20. The van der Waals surface area contributed by atoms with Crippen LogP contribution in [0.2, 0.25) is 0 Å². The quantitative estimate of drug-likeness (QED) is 0.917. The Hall–Kier alpha value is -0.540. The zero-order valence-corrected chi connectivity index (χ0v) is 11.0. The molecule has 0 saturated carbocycles. The molecule has 0 aromatic heterocycles. The van der Waals surface area contributed by atoms with E-state index in [1.54, 1.807) is 0 Å². The average molecular weight is 272 g/mol. The number of halogens is 1. The lowest BCUT2D eigenvalue weighted by Gasteiger charge is -2.30. The Balaban J connectivity index is 2.80. The van der Waals surface area contributed by atoms with E-state index in [4.69, 9.17) is 10.5 Å². The molecule has 0 saturated heterocycles. The fraction of sp³-hybridized carbons (Fsp3) is 0.500. The largest absolute Gasteiger partial charge is 0.487 e. The van der Waals surface area contributed by atoms with Crippen molar-refractivity contribution in [2.45, 2.75) is 26.9 Å². The van der Waals surface area contributed by atoms with E-state index in [1.165, 1.54) is 0 Å². The number of hydrogen-bond acceptors (Lipinski definition) is 2. The molecular weight excluding hydrogens is 254 g/mol. The summed E-state index contributed by atoms with van der Waals surface area (Å²) in [5, 5.41) is 0. The van der Waals surface area contributed by atoms with Crippen molar-refractivity contribution in [1.29, 1.82) is 0 Å². The van der Waals surface area contributed by atoms with Crippen molar-refractivity contribution in [2.75, 3.05) is 6.54 Å². The van der Waals surface area contributed by atoms with Crippen molar-refractivity contribution in [3.63, 3.8) is 0 Å². The minimum atomic E-state index is 0.0243. The van der Waals surface area contributed by atoms with E-state index in [9.17, 15) is 0 Å². The van der Waals surface area contributed by atoms with E-state index in [0.717, 1.165) is 10.2 Å². The third-order valence-corrected chi connectivity index (χ3v) is 2.94. The molecule has 0 spiro atoms. The minimum Gasteiger partial charge on any atom is -0.487 e. The molecule has 0 amide bonds. The Kier molecular flexibility index (Phi) is 4.17. The van der Waals surface area contributed by atoms with Crippen LogP contribution in [0.1, 0.15) is 20.8 Å². The van der Waals surface area contributed by atoms with Crippen LogP contribution in [0.25, 0.3) is 0 Å². The van der Waals surface area contributed by atoms with Gasteiger partial charge in [0.25, 0.3) is 0 Å². The molecule has 1 aromatic carbocycles. The molecule has 2 N–H and O–H groups in total. The molecular formula is C12H18BrNO. The number of hydrogen-bond donors (Lipinski definition) is 1. The molecule has 1 rings (SSSR count). The van der Waals surface area contributed by atoms with Gasteiger partial charge in [-0.15, -0.1) is 0 Å². The van der Waals surface area contributed by atoms with Crippen LogP contribution in [0.3, 0.4) is 0 Å². The summed E-state index contributed by atoms with van der Waals surface area (Å²) >= 11 is 3.45. The lowest BCUT2D eigenvalue weighted by atomic mass is 9.89. The maximum atomic E-state index is 5.89. The van der Waals surface area contributed by atoms with Crippen LogP contribution in [-0.4, -0.2) is 12.6 Å². The molecule has 1 aromatic rings. The standard InChI is InChI=1S/C12H18BrNO/c1-12(2,3)11(8-14)15-10-7-5-4-6-9(10)13/h4-7,11H,8,14H2,1-3H3. The Bertz CT molecular complexity index is 320. The summed E-state index contributed by atoms with van der Waals surface area (Å²) in [5.41, 5.74) is 5.76. The van der Waals surface area contributed by atoms with Crippen molar-refractivity contribution in [1.82, 2.24) is 0 Å². The number of nitrogens with two attached hydrogens (primary N) is 1. The molecule has 3 heteroatoms. The van der Waals surface area contributed by atoms with Crippen LogP contribution in [0, 0.1) is 5.41 Å². The number of ether oxygens (including phenoxy) is 1. The Morgan fingerprint density at radius 3 is 2.40 bits per heavy atom. The number of benzene rings is 1. The van der Waals surface area contributed by atoms with Crippen LogP contribution in [0.15, 0.2) is 28.7 Å². The van der Waals surface area contributed by atoms with E-state index in [-0.39, 0.29) is 11.5 Å². The summed E-state index contributed by atoms with van der Waals surface area (Å²) in [5.74, 6) is 0.850. The highest BCUT2D eigenvalue weighted by Gasteiger charge is 2.25. The summed E-state index contributed by atoms with van der Waals surface area (Å²) in [6.45, 7) is 6.90. The number of rotatable bonds is 3. The molecule has 0 heterocycles. The molecule has 0 fully saturated rings. The third-order valence-electron chi connectivity index (χ3n) is 2.29. The molecule has 0 aliphatic heterocycles. The Labute approximate surface area is 99.9 Å². The van der Waals surface area contributed by atoms with Crippen LogP contribution in [0.4, 0.5) is 0 Å². The molecule has 2 nitrogen and oxygen atoms in total. The highest BCUT2D eigenvalue weighted by molar-refractivity contribution is 9.10. The first-order valence-corrected chi connectivity index (χ1v) is 5.85. The average Bonchev–Trinajstić information content (AvgIpc) is 2.14. The SMILES string of the molecule is CC(C)(C)C(CN)Oc1ccccc1Br. The first-order valence-electron chi connectivity index (χ1n) is 5.06. The van der Waals surface area contributed by atoms with Gasteiger partial charge in [-0.1, -0.05) is 32.9 Å². The predicted molar refractivity (Wildman–Crippen MR) is 67.1 cm³/mol. The van der Waals surface area contributed by atoms with Crippen molar-refractivity contribution in [3.8, 4) is 5.75 Å². The van der Waals surface area contributed by atoms with E-state index in [1.807, 2.05) is 24.3 Å². The van der Waals surface area contributed by atoms with Gasteiger partial charge in [-0.2, -0.15) is 0 Å². The molecule has 0 aliphatic rings. The monoisotopic (exact) mass is 271 g/mol. The van der Waals surface area contributed by atoms with Gasteiger partial charge in [0, 0.05) is 12.0 Å². The fourth-order valence-electron chi connectivity index (χ4n) is 1.27. The van der Waals surface area contributed by atoms with E-state index in [0.29, 0.717) is 6.54 Å². The van der Waals surface area contributed by atoms with Crippen molar-refractivity contribution < 1.29 is 4.74 Å².